The van der Waals surface area contributed by atoms with Gasteiger partial charge in [-0.1, -0.05) is 6.58 Å². The highest BCUT2D eigenvalue weighted by Crippen LogP contribution is 2.16. The first-order chi connectivity index (χ1) is 7.64. The molecule has 0 heterocycles. The summed E-state index contributed by atoms with van der Waals surface area (Å²) in [6, 6.07) is 0. The lowest BCUT2D eigenvalue weighted by atomic mass is 10.3. The maximum atomic E-state index is 11.7. The van der Waals surface area contributed by atoms with Crippen molar-refractivity contribution in [1.29, 1.82) is 0 Å². The lowest BCUT2D eigenvalue weighted by Crippen LogP contribution is -2.27. The molecule has 0 aromatic carbocycles. The van der Waals surface area contributed by atoms with Gasteiger partial charge in [-0.05, 0) is 13.8 Å². The zero-order chi connectivity index (χ0) is 13.6. The second-order valence-electron chi connectivity index (χ2n) is 3.42. The molecule has 7 heteroatoms. The summed E-state index contributed by atoms with van der Waals surface area (Å²) in [4.78, 5) is 21.3. The molecule has 98 valence electrons. The van der Waals surface area contributed by atoms with Crippen LogP contribution in [-0.4, -0.2) is 30.8 Å². The van der Waals surface area contributed by atoms with Crippen molar-refractivity contribution in [3.05, 3.63) is 12.2 Å². The molecule has 0 aromatic heterocycles. The van der Waals surface area contributed by atoms with E-state index in [1.165, 1.54) is 13.8 Å². The van der Waals surface area contributed by atoms with Gasteiger partial charge < -0.3 is 9.47 Å². The largest absolute Gasteiger partial charge is 0.490 e. The van der Waals surface area contributed by atoms with Gasteiger partial charge in [-0.25, -0.2) is 9.59 Å². The van der Waals surface area contributed by atoms with E-state index in [4.69, 9.17) is 4.74 Å². The van der Waals surface area contributed by atoms with Crippen LogP contribution in [0.1, 0.15) is 20.3 Å². The Morgan fingerprint density at radius 2 is 1.88 bits per heavy atom. The fraction of sp³-hybridized carbons (Fsp3) is 0.600. The Labute approximate surface area is 96.4 Å². The number of ether oxygens (including phenoxy) is 2. The van der Waals surface area contributed by atoms with E-state index in [0.717, 1.165) is 0 Å². The molecular formula is C10H13F3O4. The third kappa shape index (κ3) is 6.60. The van der Waals surface area contributed by atoms with Crippen molar-refractivity contribution in [2.45, 2.75) is 32.5 Å². The number of carbonyl (C=O) groups is 2. The van der Waals surface area contributed by atoms with Crippen LogP contribution in [0.2, 0.25) is 0 Å². The zero-order valence-electron chi connectivity index (χ0n) is 9.47. The van der Waals surface area contributed by atoms with Gasteiger partial charge in [0.15, 0.2) is 0 Å². The Morgan fingerprint density at radius 3 is 2.29 bits per heavy atom. The van der Waals surface area contributed by atoms with Gasteiger partial charge >= 0.3 is 18.1 Å². The van der Waals surface area contributed by atoms with Crippen molar-refractivity contribution in [2.24, 2.45) is 0 Å². The van der Waals surface area contributed by atoms with E-state index in [2.05, 4.69) is 11.3 Å². The van der Waals surface area contributed by atoms with E-state index in [-0.39, 0.29) is 12.0 Å². The molecule has 0 spiro atoms. The van der Waals surface area contributed by atoms with Crippen molar-refractivity contribution >= 4 is 11.9 Å². The van der Waals surface area contributed by atoms with Crippen LogP contribution in [0, 0.1) is 0 Å². The molecule has 0 aromatic rings. The maximum Gasteiger partial charge on any atom is 0.490 e. The Morgan fingerprint density at radius 1 is 1.35 bits per heavy atom. The Balaban J connectivity index is 3.87. The first kappa shape index (κ1) is 15.5. The van der Waals surface area contributed by atoms with Gasteiger partial charge in [0.2, 0.25) is 0 Å². The van der Waals surface area contributed by atoms with Crippen molar-refractivity contribution in [1.82, 2.24) is 0 Å². The molecule has 0 rings (SSSR count). The molecule has 0 saturated carbocycles. The predicted molar refractivity (Wildman–Crippen MR) is 52.0 cm³/mol. The lowest BCUT2D eigenvalue weighted by molar-refractivity contribution is -0.200. The highest BCUT2D eigenvalue weighted by Gasteiger charge is 2.40. The third-order valence-electron chi connectivity index (χ3n) is 1.65. The first-order valence-electron chi connectivity index (χ1n) is 4.75. The molecule has 0 aliphatic heterocycles. The van der Waals surface area contributed by atoms with E-state index >= 15 is 0 Å². The van der Waals surface area contributed by atoms with Crippen molar-refractivity contribution in [2.75, 3.05) is 6.61 Å². The molecule has 0 aliphatic carbocycles. The molecule has 0 aliphatic rings. The molecular weight excluding hydrogens is 241 g/mol. The third-order valence-corrected chi connectivity index (χ3v) is 1.65. The summed E-state index contributed by atoms with van der Waals surface area (Å²) in [6.07, 6.45) is -5.67. The monoisotopic (exact) mass is 254 g/mol. The van der Waals surface area contributed by atoms with Crippen LogP contribution in [-0.2, 0) is 19.1 Å². The van der Waals surface area contributed by atoms with E-state index in [1.807, 2.05) is 0 Å². The van der Waals surface area contributed by atoms with Crippen LogP contribution in [0.4, 0.5) is 13.2 Å². The normalized spacial score (nSPS) is 12.8. The van der Waals surface area contributed by atoms with Crippen molar-refractivity contribution in [3.63, 3.8) is 0 Å². The van der Waals surface area contributed by atoms with Gasteiger partial charge in [0.05, 0.1) is 6.61 Å². The molecule has 17 heavy (non-hydrogen) atoms. The fourth-order valence-corrected chi connectivity index (χ4v) is 0.742. The number of alkyl halides is 3. The number of esters is 2. The quantitative estimate of drug-likeness (QED) is 0.556. The van der Waals surface area contributed by atoms with Gasteiger partial charge in [0.25, 0.3) is 0 Å². The second-order valence-corrected chi connectivity index (χ2v) is 3.42. The molecule has 4 nitrogen and oxygen atoms in total. The minimum atomic E-state index is -5.00. The van der Waals surface area contributed by atoms with Crippen LogP contribution in [0.15, 0.2) is 12.2 Å². The Bertz CT molecular complexity index is 309. The molecule has 0 fully saturated rings. The van der Waals surface area contributed by atoms with Crippen LogP contribution in [0.25, 0.3) is 0 Å². The van der Waals surface area contributed by atoms with Crippen molar-refractivity contribution in [3.8, 4) is 0 Å². The number of hydrogen-bond acceptors (Lipinski definition) is 4. The summed E-state index contributed by atoms with van der Waals surface area (Å²) in [5, 5.41) is 0. The minimum absolute atomic E-state index is 0.0131. The highest BCUT2D eigenvalue weighted by atomic mass is 19.4. The predicted octanol–water partition coefficient (Wildman–Crippen LogP) is 1.99. The van der Waals surface area contributed by atoms with E-state index < -0.39 is 30.8 Å². The number of halogens is 3. The summed E-state index contributed by atoms with van der Waals surface area (Å²) in [6.45, 7) is 5.79. The molecule has 0 saturated heterocycles. The highest BCUT2D eigenvalue weighted by molar-refractivity contribution is 5.87. The number of carbonyl (C=O) groups excluding carboxylic acids is 2. The van der Waals surface area contributed by atoms with Crippen LogP contribution in [0.5, 0.6) is 0 Å². The van der Waals surface area contributed by atoms with E-state index in [0.29, 0.717) is 0 Å². The Kier molecular flexibility index (Phi) is 5.70. The fourth-order valence-electron chi connectivity index (χ4n) is 0.742. The molecule has 1 atom stereocenters. The van der Waals surface area contributed by atoms with Gasteiger partial charge in [0, 0.05) is 12.0 Å². The standard InChI is InChI=1S/C10H13F3O4/c1-6(2)8(14)17-7(3)4-5-16-9(15)10(11,12)13/h7H,1,4-5H2,2-3H3. The summed E-state index contributed by atoms with van der Waals surface area (Å²) in [5.74, 6) is -2.89. The van der Waals surface area contributed by atoms with Crippen molar-refractivity contribution < 1.29 is 32.2 Å². The van der Waals surface area contributed by atoms with Crippen LogP contribution >= 0.6 is 0 Å². The summed E-state index contributed by atoms with van der Waals surface area (Å²) in [5.41, 5.74) is 0.184. The summed E-state index contributed by atoms with van der Waals surface area (Å²) >= 11 is 0. The zero-order valence-corrected chi connectivity index (χ0v) is 9.47. The van der Waals surface area contributed by atoms with Gasteiger partial charge in [-0.3, -0.25) is 0 Å². The van der Waals surface area contributed by atoms with Crippen LogP contribution < -0.4 is 0 Å². The molecule has 1 unspecified atom stereocenters. The SMILES string of the molecule is C=C(C)C(=O)OC(C)CCOC(=O)C(F)(F)F. The molecule has 0 bridgehead atoms. The lowest BCUT2D eigenvalue weighted by Gasteiger charge is -2.13. The van der Waals surface area contributed by atoms with Gasteiger partial charge in [-0.2, -0.15) is 13.2 Å². The average molecular weight is 254 g/mol. The smallest absolute Gasteiger partial charge is 0.459 e. The van der Waals surface area contributed by atoms with Gasteiger partial charge in [-0.15, -0.1) is 0 Å². The number of rotatable bonds is 5. The topological polar surface area (TPSA) is 52.6 Å². The minimum Gasteiger partial charge on any atom is -0.459 e. The maximum absolute atomic E-state index is 11.7. The van der Waals surface area contributed by atoms with Crippen LogP contribution in [0.3, 0.4) is 0 Å². The molecule has 0 radical (unpaired) electrons. The second kappa shape index (κ2) is 6.27. The summed E-state index contributed by atoms with van der Waals surface area (Å²) in [7, 11) is 0. The first-order valence-corrected chi connectivity index (χ1v) is 4.75. The average Bonchev–Trinajstić information content (AvgIpc) is 2.15. The Hall–Kier alpha value is -1.53. The van der Waals surface area contributed by atoms with E-state index in [1.54, 1.807) is 0 Å². The summed E-state index contributed by atoms with van der Waals surface area (Å²) < 4.78 is 43.9. The molecule has 0 N–H and O–H groups in total. The van der Waals surface area contributed by atoms with E-state index in [9.17, 15) is 22.8 Å². The van der Waals surface area contributed by atoms with Gasteiger partial charge in [0.1, 0.15) is 6.10 Å². The number of hydrogen-bond donors (Lipinski definition) is 0. The molecule has 0 amide bonds.